The second-order valence-corrected chi connectivity index (χ2v) is 8.54. The van der Waals surface area contributed by atoms with Gasteiger partial charge in [-0.25, -0.2) is 14.2 Å². The summed E-state index contributed by atoms with van der Waals surface area (Å²) in [6.07, 6.45) is 1.97. The molecule has 1 saturated heterocycles. The molecule has 2 amide bonds. The number of rotatable bonds is 3. The van der Waals surface area contributed by atoms with Gasteiger partial charge in [-0.15, -0.1) is 0 Å². The maximum atomic E-state index is 13.7. The molecule has 9 heteroatoms. The topological polar surface area (TPSA) is 83.8 Å². The first kappa shape index (κ1) is 24.0. The summed E-state index contributed by atoms with van der Waals surface area (Å²) in [5.74, 6) is 0.0197. The summed E-state index contributed by atoms with van der Waals surface area (Å²) in [4.78, 5) is 21.4. The number of benzene rings is 3. The Labute approximate surface area is 208 Å². The minimum Gasteiger partial charge on any atom is -0.331 e. The number of carbonyl (C=O) groups excluding carboxylic acids is 1. The van der Waals surface area contributed by atoms with E-state index in [1.807, 2.05) is 42.3 Å². The molecule has 4 rings (SSSR count). The second-order valence-electron chi connectivity index (χ2n) is 8.10. The van der Waals surface area contributed by atoms with Crippen molar-refractivity contribution < 1.29 is 9.18 Å². The van der Waals surface area contributed by atoms with E-state index >= 15 is 0 Å². The number of aryl methyl sites for hydroxylation is 1. The highest BCUT2D eigenvalue weighted by Gasteiger charge is 2.33. The minimum absolute atomic E-state index is 0.260. The Morgan fingerprint density at radius 3 is 2.49 bits per heavy atom. The lowest BCUT2D eigenvalue weighted by Crippen LogP contribution is -2.55. The first-order valence-electron chi connectivity index (χ1n) is 11.1. The summed E-state index contributed by atoms with van der Waals surface area (Å²) in [5, 5.41) is 15.6. The van der Waals surface area contributed by atoms with Gasteiger partial charge in [0.05, 0.1) is 11.7 Å². The van der Waals surface area contributed by atoms with Crippen LogP contribution >= 0.6 is 11.6 Å². The number of para-hydroxylation sites is 1. The maximum Gasteiger partial charge on any atom is 0.321 e. The van der Waals surface area contributed by atoms with Crippen LogP contribution in [0.2, 0.25) is 5.02 Å². The van der Waals surface area contributed by atoms with Gasteiger partial charge in [-0.05, 0) is 60.5 Å². The number of nitriles is 1. The fraction of sp³-hybridized carbons (Fsp3) is 0.192. The largest absolute Gasteiger partial charge is 0.331 e. The third kappa shape index (κ3) is 5.89. The third-order valence-electron chi connectivity index (χ3n) is 5.80. The normalized spacial score (nSPS) is 15.9. The Balaban J connectivity index is 1.63. The van der Waals surface area contributed by atoms with E-state index in [2.05, 4.69) is 10.6 Å². The van der Waals surface area contributed by atoms with Crippen molar-refractivity contribution in [3.05, 3.63) is 94.8 Å². The Kier molecular flexibility index (Phi) is 7.48. The van der Waals surface area contributed by atoms with Crippen LogP contribution in [0.3, 0.4) is 0 Å². The number of urea groups is 1. The van der Waals surface area contributed by atoms with Crippen molar-refractivity contribution in [2.75, 3.05) is 25.0 Å². The molecule has 1 fully saturated rings. The fourth-order valence-electron chi connectivity index (χ4n) is 3.94. The van der Waals surface area contributed by atoms with Gasteiger partial charge < -0.3 is 15.1 Å². The van der Waals surface area contributed by atoms with Gasteiger partial charge in [-0.2, -0.15) is 5.26 Å². The fourth-order valence-corrected chi connectivity index (χ4v) is 4.07. The van der Waals surface area contributed by atoms with Gasteiger partial charge >= 0.3 is 6.03 Å². The van der Waals surface area contributed by atoms with Crippen molar-refractivity contribution in [3.63, 3.8) is 0 Å². The molecule has 0 spiro atoms. The summed E-state index contributed by atoms with van der Waals surface area (Å²) in [7, 11) is 0. The monoisotopic (exact) mass is 490 g/mol. The molecule has 0 bridgehead atoms. The van der Waals surface area contributed by atoms with Crippen molar-refractivity contribution in [2.24, 2.45) is 4.99 Å². The van der Waals surface area contributed by atoms with E-state index in [0.29, 0.717) is 36.3 Å². The van der Waals surface area contributed by atoms with Gasteiger partial charge in [-0.1, -0.05) is 41.9 Å². The number of nitrogens with one attached hydrogen (secondary N) is 2. The third-order valence-corrected chi connectivity index (χ3v) is 6.05. The lowest BCUT2D eigenvalue weighted by molar-refractivity contribution is 0.142. The highest BCUT2D eigenvalue weighted by molar-refractivity contribution is 6.30. The Bertz CT molecular complexity index is 1260. The molecule has 178 valence electrons. The van der Waals surface area contributed by atoms with E-state index in [4.69, 9.17) is 16.6 Å². The van der Waals surface area contributed by atoms with Crippen LogP contribution in [-0.2, 0) is 0 Å². The van der Waals surface area contributed by atoms with Crippen LogP contribution in [0, 0.1) is 24.2 Å². The van der Waals surface area contributed by atoms with Crippen LogP contribution in [-0.4, -0.2) is 41.4 Å². The van der Waals surface area contributed by atoms with E-state index in [9.17, 15) is 14.4 Å². The minimum atomic E-state index is -0.357. The van der Waals surface area contributed by atoms with E-state index in [1.165, 1.54) is 12.1 Å². The maximum absolute atomic E-state index is 13.7. The SMILES string of the molecule is Cc1ccccc1N=C(NC#N)N1CCN(C(=O)Nc2ccc(Cl)cc2)CC1c1ccc(F)cc1. The van der Waals surface area contributed by atoms with Crippen molar-refractivity contribution in [1.29, 1.82) is 5.26 Å². The number of piperazine rings is 1. The predicted octanol–water partition coefficient (Wildman–Crippen LogP) is 5.44. The molecule has 0 radical (unpaired) electrons. The molecule has 0 aliphatic carbocycles. The highest BCUT2D eigenvalue weighted by atomic mass is 35.5. The van der Waals surface area contributed by atoms with Crippen LogP contribution in [0.25, 0.3) is 0 Å². The summed E-state index contributed by atoms with van der Waals surface area (Å²) >= 11 is 5.94. The van der Waals surface area contributed by atoms with Gasteiger partial charge in [0.2, 0.25) is 5.96 Å². The molecule has 3 aromatic rings. The molecule has 0 aromatic heterocycles. The van der Waals surface area contributed by atoms with Crippen molar-refractivity contribution >= 4 is 35.0 Å². The number of anilines is 1. The molecule has 3 aromatic carbocycles. The van der Waals surface area contributed by atoms with Crippen LogP contribution in [0.4, 0.5) is 20.6 Å². The number of hydrogen-bond donors (Lipinski definition) is 2. The van der Waals surface area contributed by atoms with Gasteiger partial charge in [0.15, 0.2) is 6.19 Å². The van der Waals surface area contributed by atoms with E-state index in [0.717, 1.165) is 16.8 Å². The molecule has 2 N–H and O–H groups in total. The van der Waals surface area contributed by atoms with Gasteiger partial charge in [0, 0.05) is 30.3 Å². The number of amides is 2. The average molecular weight is 491 g/mol. The number of guanidine groups is 1. The molecule has 35 heavy (non-hydrogen) atoms. The molecular weight excluding hydrogens is 467 g/mol. The van der Waals surface area contributed by atoms with Gasteiger partial charge in [0.1, 0.15) is 5.82 Å². The zero-order chi connectivity index (χ0) is 24.8. The highest BCUT2D eigenvalue weighted by Crippen LogP contribution is 2.28. The summed E-state index contributed by atoms with van der Waals surface area (Å²) in [6, 6.07) is 20.0. The van der Waals surface area contributed by atoms with Crippen LogP contribution in [0.1, 0.15) is 17.2 Å². The van der Waals surface area contributed by atoms with Crippen molar-refractivity contribution in [1.82, 2.24) is 15.1 Å². The number of nitrogens with zero attached hydrogens (tertiary/aromatic N) is 4. The molecule has 1 aliphatic rings. The number of halogens is 2. The molecule has 0 saturated carbocycles. The smallest absolute Gasteiger partial charge is 0.321 e. The van der Waals surface area contributed by atoms with Gasteiger partial charge in [-0.3, -0.25) is 5.32 Å². The summed E-state index contributed by atoms with van der Waals surface area (Å²) in [5.41, 5.74) is 3.12. The quantitative estimate of drug-likeness (QED) is 0.222. The van der Waals surface area contributed by atoms with Crippen LogP contribution in [0.15, 0.2) is 77.8 Å². The van der Waals surface area contributed by atoms with E-state index in [1.54, 1.807) is 41.3 Å². The lowest BCUT2D eigenvalue weighted by atomic mass is 10.0. The zero-order valence-corrected chi connectivity index (χ0v) is 19.8. The molecule has 1 aliphatic heterocycles. The molecule has 1 heterocycles. The number of carbonyl (C=O) groups is 1. The zero-order valence-electron chi connectivity index (χ0n) is 19.1. The first-order chi connectivity index (χ1) is 16.9. The Morgan fingerprint density at radius 1 is 1.09 bits per heavy atom. The number of hydrogen-bond acceptors (Lipinski definition) is 3. The lowest BCUT2D eigenvalue weighted by Gasteiger charge is -2.42. The van der Waals surface area contributed by atoms with Crippen molar-refractivity contribution in [3.8, 4) is 6.19 Å². The Hall–Kier alpha value is -4.09. The van der Waals surface area contributed by atoms with Crippen LogP contribution < -0.4 is 10.6 Å². The van der Waals surface area contributed by atoms with Crippen molar-refractivity contribution in [2.45, 2.75) is 13.0 Å². The summed E-state index contributed by atoms with van der Waals surface area (Å²) < 4.78 is 13.7. The van der Waals surface area contributed by atoms with E-state index in [-0.39, 0.29) is 17.9 Å². The van der Waals surface area contributed by atoms with Crippen LogP contribution in [0.5, 0.6) is 0 Å². The standard InChI is InChI=1S/C26H24ClFN6O/c1-18-4-2-3-5-23(18)32-25(30-17-29)34-15-14-33(16-24(34)19-6-10-21(28)11-7-19)26(35)31-22-12-8-20(27)9-13-22/h2-13,24H,14-16H2,1H3,(H,30,32)(H,31,35). The predicted molar refractivity (Wildman–Crippen MR) is 135 cm³/mol. The first-order valence-corrected chi connectivity index (χ1v) is 11.5. The van der Waals surface area contributed by atoms with E-state index < -0.39 is 0 Å². The molecule has 7 nitrogen and oxygen atoms in total. The average Bonchev–Trinajstić information content (AvgIpc) is 2.86. The van der Waals surface area contributed by atoms with Gasteiger partial charge in [0.25, 0.3) is 0 Å². The second kappa shape index (κ2) is 10.9. The molecule has 1 atom stereocenters. The number of aliphatic imine (C=N–C) groups is 1. The molecule has 1 unspecified atom stereocenters. The summed E-state index contributed by atoms with van der Waals surface area (Å²) in [6.45, 7) is 3.07. The Morgan fingerprint density at radius 2 is 1.80 bits per heavy atom. The molecular formula is C26H24ClFN6O.